The molecule has 0 aliphatic carbocycles. The van der Waals surface area contributed by atoms with Gasteiger partial charge in [-0.1, -0.05) is 19.0 Å². The third kappa shape index (κ3) is 10.1. The normalized spacial score (nSPS) is 12.1. The Morgan fingerprint density at radius 3 is 2.50 bits per heavy atom. The standard InChI is InChI=1S/C9H19N3S2/c1-3-5-13-7-9(2)8-14-6-4-11-12-10/h9H,3-8H2,1-2H3. The molecule has 0 aliphatic rings. The number of rotatable bonds is 9. The lowest BCUT2D eigenvalue weighted by molar-refractivity contribution is 0.763. The first-order valence-electron chi connectivity index (χ1n) is 4.97. The first-order valence-corrected chi connectivity index (χ1v) is 7.28. The van der Waals surface area contributed by atoms with Crippen molar-refractivity contribution in [3.8, 4) is 0 Å². The lowest BCUT2D eigenvalue weighted by atomic mass is 10.3. The minimum absolute atomic E-state index is 0.621. The van der Waals surface area contributed by atoms with Crippen LogP contribution in [0.25, 0.3) is 10.4 Å². The zero-order chi connectivity index (χ0) is 10.6. The number of thioether (sulfide) groups is 2. The predicted molar refractivity (Wildman–Crippen MR) is 68.1 cm³/mol. The van der Waals surface area contributed by atoms with Crippen LogP contribution >= 0.6 is 23.5 Å². The Bertz CT molecular complexity index is 169. The molecule has 0 amide bonds. The van der Waals surface area contributed by atoms with E-state index in [4.69, 9.17) is 5.53 Å². The van der Waals surface area contributed by atoms with Crippen LogP contribution in [0.15, 0.2) is 5.11 Å². The maximum Gasteiger partial charge on any atom is 0.0348 e. The van der Waals surface area contributed by atoms with Crippen molar-refractivity contribution in [3.05, 3.63) is 10.4 Å². The topological polar surface area (TPSA) is 48.8 Å². The summed E-state index contributed by atoms with van der Waals surface area (Å²) in [6.45, 7) is 5.12. The van der Waals surface area contributed by atoms with E-state index in [-0.39, 0.29) is 0 Å². The predicted octanol–water partition coefficient (Wildman–Crippen LogP) is 3.81. The Labute approximate surface area is 95.0 Å². The van der Waals surface area contributed by atoms with Crippen LogP contribution in [0.2, 0.25) is 0 Å². The Morgan fingerprint density at radius 1 is 1.29 bits per heavy atom. The fourth-order valence-corrected chi connectivity index (χ4v) is 2.93. The average Bonchev–Trinajstić information content (AvgIpc) is 2.18. The van der Waals surface area contributed by atoms with E-state index in [0.717, 1.165) is 11.7 Å². The Hall–Kier alpha value is 0.01000. The molecule has 0 N–H and O–H groups in total. The maximum absolute atomic E-state index is 8.06. The van der Waals surface area contributed by atoms with Crippen molar-refractivity contribution < 1.29 is 0 Å². The summed E-state index contributed by atoms with van der Waals surface area (Å²) in [5.74, 6) is 5.42. The van der Waals surface area contributed by atoms with E-state index in [0.29, 0.717) is 6.54 Å². The van der Waals surface area contributed by atoms with Crippen LogP contribution in [-0.2, 0) is 0 Å². The van der Waals surface area contributed by atoms with Crippen molar-refractivity contribution in [1.82, 2.24) is 0 Å². The zero-order valence-electron chi connectivity index (χ0n) is 8.98. The van der Waals surface area contributed by atoms with Crippen molar-refractivity contribution >= 4 is 23.5 Å². The second-order valence-corrected chi connectivity index (χ2v) is 5.51. The molecule has 0 aromatic heterocycles. The van der Waals surface area contributed by atoms with Gasteiger partial charge in [0.2, 0.25) is 0 Å². The number of nitrogens with zero attached hydrogens (tertiary/aromatic N) is 3. The molecule has 0 radical (unpaired) electrons. The molecule has 0 saturated heterocycles. The smallest absolute Gasteiger partial charge is 0.0348 e. The highest BCUT2D eigenvalue weighted by molar-refractivity contribution is 8.00. The van der Waals surface area contributed by atoms with Gasteiger partial charge in [0.05, 0.1) is 0 Å². The molecule has 0 bridgehead atoms. The molecule has 0 fully saturated rings. The summed E-state index contributed by atoms with van der Waals surface area (Å²) >= 11 is 3.92. The number of azide groups is 1. The van der Waals surface area contributed by atoms with E-state index < -0.39 is 0 Å². The molecule has 5 heteroatoms. The maximum atomic E-state index is 8.06. The number of hydrogen-bond donors (Lipinski definition) is 0. The Balaban J connectivity index is 3.17. The van der Waals surface area contributed by atoms with Gasteiger partial charge < -0.3 is 0 Å². The van der Waals surface area contributed by atoms with Crippen LogP contribution in [0.1, 0.15) is 20.3 Å². The third-order valence-electron chi connectivity index (χ3n) is 1.55. The molecule has 1 unspecified atom stereocenters. The molecule has 0 rings (SSSR count). The van der Waals surface area contributed by atoms with E-state index in [1.807, 2.05) is 23.5 Å². The van der Waals surface area contributed by atoms with Crippen molar-refractivity contribution in [2.24, 2.45) is 11.0 Å². The minimum Gasteiger partial charge on any atom is -0.162 e. The Morgan fingerprint density at radius 2 is 1.93 bits per heavy atom. The summed E-state index contributed by atoms with van der Waals surface area (Å²) in [7, 11) is 0. The lowest BCUT2D eigenvalue weighted by Gasteiger charge is -2.09. The summed E-state index contributed by atoms with van der Waals surface area (Å²) in [5.41, 5.74) is 8.06. The average molecular weight is 233 g/mol. The van der Waals surface area contributed by atoms with Crippen LogP contribution in [0, 0.1) is 5.92 Å². The van der Waals surface area contributed by atoms with Gasteiger partial charge in [0.15, 0.2) is 0 Å². The summed E-state index contributed by atoms with van der Waals surface area (Å²) in [6, 6.07) is 0. The highest BCUT2D eigenvalue weighted by Crippen LogP contribution is 2.14. The summed E-state index contributed by atoms with van der Waals surface area (Å²) < 4.78 is 0. The Kier molecular flexibility index (Phi) is 11.1. The van der Waals surface area contributed by atoms with Gasteiger partial charge in [-0.3, -0.25) is 0 Å². The van der Waals surface area contributed by atoms with E-state index in [1.54, 1.807) is 0 Å². The monoisotopic (exact) mass is 233 g/mol. The van der Waals surface area contributed by atoms with Crippen LogP contribution in [0.4, 0.5) is 0 Å². The number of hydrogen-bond acceptors (Lipinski definition) is 3. The van der Waals surface area contributed by atoms with Crippen molar-refractivity contribution in [3.63, 3.8) is 0 Å². The summed E-state index contributed by atoms with van der Waals surface area (Å²) in [6.07, 6.45) is 1.27. The van der Waals surface area contributed by atoms with E-state index in [2.05, 4.69) is 23.9 Å². The molecule has 0 saturated carbocycles. The molecule has 0 aliphatic heterocycles. The molecule has 0 aromatic rings. The summed E-state index contributed by atoms with van der Waals surface area (Å²) in [4.78, 5) is 2.72. The lowest BCUT2D eigenvalue weighted by Crippen LogP contribution is -2.03. The fraction of sp³-hybridized carbons (Fsp3) is 1.00. The van der Waals surface area contributed by atoms with Crippen molar-refractivity contribution in [2.75, 3.05) is 29.6 Å². The fourth-order valence-electron chi connectivity index (χ4n) is 0.912. The SMILES string of the molecule is CCCSCC(C)CSCCN=[N+]=[N-]. The first kappa shape index (κ1) is 14.0. The van der Waals surface area contributed by atoms with Crippen LogP contribution in [0.5, 0.6) is 0 Å². The van der Waals surface area contributed by atoms with Crippen molar-refractivity contribution in [2.45, 2.75) is 20.3 Å². The van der Waals surface area contributed by atoms with Gasteiger partial charge in [-0.2, -0.15) is 23.5 Å². The molecule has 82 valence electrons. The first-order chi connectivity index (χ1) is 6.81. The van der Waals surface area contributed by atoms with Gasteiger partial charge >= 0.3 is 0 Å². The summed E-state index contributed by atoms with van der Waals surface area (Å²) in [5, 5.41) is 3.50. The largest absolute Gasteiger partial charge is 0.162 e. The van der Waals surface area contributed by atoms with Gasteiger partial charge in [0.25, 0.3) is 0 Å². The molecule has 1 atom stereocenters. The van der Waals surface area contributed by atoms with Gasteiger partial charge in [0, 0.05) is 11.5 Å². The van der Waals surface area contributed by atoms with Gasteiger partial charge in [-0.15, -0.1) is 0 Å². The van der Waals surface area contributed by atoms with E-state index >= 15 is 0 Å². The molecular formula is C9H19N3S2. The van der Waals surface area contributed by atoms with E-state index in [1.165, 1.54) is 23.7 Å². The third-order valence-corrected chi connectivity index (χ3v) is 4.33. The molecule has 14 heavy (non-hydrogen) atoms. The van der Waals surface area contributed by atoms with Gasteiger partial charge in [-0.25, -0.2) is 0 Å². The van der Waals surface area contributed by atoms with Crippen LogP contribution < -0.4 is 0 Å². The minimum atomic E-state index is 0.621. The molecule has 3 nitrogen and oxygen atoms in total. The van der Waals surface area contributed by atoms with Crippen LogP contribution in [-0.4, -0.2) is 29.6 Å². The highest BCUT2D eigenvalue weighted by Gasteiger charge is 2.01. The van der Waals surface area contributed by atoms with Gasteiger partial charge in [0.1, 0.15) is 0 Å². The highest BCUT2D eigenvalue weighted by atomic mass is 32.2. The second-order valence-electron chi connectivity index (χ2n) is 3.21. The van der Waals surface area contributed by atoms with E-state index in [9.17, 15) is 0 Å². The van der Waals surface area contributed by atoms with Gasteiger partial charge in [-0.05, 0) is 40.9 Å². The van der Waals surface area contributed by atoms with Crippen molar-refractivity contribution in [1.29, 1.82) is 0 Å². The van der Waals surface area contributed by atoms with Crippen LogP contribution in [0.3, 0.4) is 0 Å². The molecule has 0 spiro atoms. The quantitative estimate of drug-likeness (QED) is 0.263. The second kappa shape index (κ2) is 11.1. The molecule has 0 heterocycles. The molecule has 0 aromatic carbocycles. The molecular weight excluding hydrogens is 214 g/mol. The zero-order valence-corrected chi connectivity index (χ0v) is 10.6.